The predicted molar refractivity (Wildman–Crippen MR) is 98.1 cm³/mol. The first-order valence-electron chi connectivity index (χ1n) is 9.09. The minimum absolute atomic E-state index is 0.321. The molecule has 7 N–H and O–H groups in total. The molecule has 1 aliphatic carbocycles. The molecule has 1 unspecified atom stereocenters. The van der Waals surface area contributed by atoms with E-state index in [1.165, 1.54) is 36.8 Å². The number of hydrogen-bond donors (Lipinski definition) is 5. The Hall–Kier alpha value is -1.63. The molecule has 0 bridgehead atoms. The summed E-state index contributed by atoms with van der Waals surface area (Å²) in [5, 5.41) is 3.83. The molecule has 24 heavy (non-hydrogen) atoms. The van der Waals surface area contributed by atoms with Gasteiger partial charge in [0.2, 0.25) is 11.7 Å². The van der Waals surface area contributed by atoms with Crippen molar-refractivity contribution in [1.82, 2.24) is 16.2 Å². The molecule has 1 aromatic rings. The van der Waals surface area contributed by atoms with Crippen molar-refractivity contribution >= 4 is 5.96 Å². The van der Waals surface area contributed by atoms with Crippen molar-refractivity contribution < 1.29 is 0 Å². The van der Waals surface area contributed by atoms with Gasteiger partial charge in [0.05, 0.1) is 0 Å². The van der Waals surface area contributed by atoms with Crippen LogP contribution in [0, 0.1) is 0 Å². The topological polar surface area (TPSA) is 100 Å². The zero-order valence-corrected chi connectivity index (χ0v) is 14.7. The minimum Gasteiger partial charge on any atom is -0.369 e. The van der Waals surface area contributed by atoms with E-state index >= 15 is 0 Å². The van der Waals surface area contributed by atoms with Crippen LogP contribution in [0.1, 0.15) is 56.2 Å². The van der Waals surface area contributed by atoms with E-state index in [4.69, 9.17) is 11.5 Å². The number of aliphatic imine (C=N–C) groups is 1. The van der Waals surface area contributed by atoms with Crippen LogP contribution in [0.4, 0.5) is 0 Å². The van der Waals surface area contributed by atoms with Gasteiger partial charge in [-0.2, -0.15) is 5.43 Å². The van der Waals surface area contributed by atoms with E-state index in [0.29, 0.717) is 18.0 Å². The third-order valence-corrected chi connectivity index (χ3v) is 5.31. The molecule has 132 valence electrons. The SMILES string of the molecule is CCC(CC)N[C@H]1CCc2ccc(C3(N)N=C(N)NN3)cc2CC1. The monoisotopic (exact) mass is 330 g/mol. The van der Waals surface area contributed by atoms with Crippen LogP contribution in [0.5, 0.6) is 0 Å². The van der Waals surface area contributed by atoms with Crippen LogP contribution in [0.15, 0.2) is 23.2 Å². The molecular weight excluding hydrogens is 300 g/mol. The van der Waals surface area contributed by atoms with E-state index in [1.807, 2.05) is 0 Å². The quantitative estimate of drug-likeness (QED) is 0.522. The summed E-state index contributed by atoms with van der Waals surface area (Å²) in [4.78, 5) is 4.28. The number of hydrazine groups is 1. The molecule has 3 rings (SSSR count). The molecule has 1 heterocycles. The highest BCUT2D eigenvalue weighted by atomic mass is 15.6. The van der Waals surface area contributed by atoms with E-state index in [1.54, 1.807) is 0 Å². The molecule has 6 heteroatoms. The van der Waals surface area contributed by atoms with Crippen molar-refractivity contribution in [3.63, 3.8) is 0 Å². The minimum atomic E-state index is -0.974. The summed E-state index contributed by atoms with van der Waals surface area (Å²) in [6, 6.07) is 7.67. The number of nitrogens with zero attached hydrogens (tertiary/aromatic N) is 1. The Balaban J connectivity index is 1.73. The maximum atomic E-state index is 6.32. The molecule has 0 spiro atoms. The van der Waals surface area contributed by atoms with Crippen LogP contribution in [-0.4, -0.2) is 18.0 Å². The maximum Gasteiger partial charge on any atom is 0.209 e. The number of aryl methyl sites for hydroxylation is 2. The molecule has 1 aliphatic heterocycles. The number of rotatable bonds is 5. The van der Waals surface area contributed by atoms with Gasteiger partial charge in [-0.15, -0.1) is 0 Å². The van der Waals surface area contributed by atoms with Gasteiger partial charge in [0.1, 0.15) is 0 Å². The summed E-state index contributed by atoms with van der Waals surface area (Å²) in [7, 11) is 0. The number of nitrogens with two attached hydrogens (primary N) is 2. The Bertz CT molecular complexity index is 610. The summed E-state index contributed by atoms with van der Waals surface area (Å²) in [5.41, 5.74) is 21.5. The van der Waals surface area contributed by atoms with Gasteiger partial charge in [-0.1, -0.05) is 32.0 Å². The van der Waals surface area contributed by atoms with Crippen molar-refractivity contribution in [3.05, 3.63) is 34.9 Å². The van der Waals surface area contributed by atoms with Crippen LogP contribution < -0.4 is 27.6 Å². The number of hydrogen-bond acceptors (Lipinski definition) is 6. The normalized spacial score (nSPS) is 26.7. The first-order valence-corrected chi connectivity index (χ1v) is 9.09. The fourth-order valence-corrected chi connectivity index (χ4v) is 3.71. The highest BCUT2D eigenvalue weighted by Crippen LogP contribution is 2.27. The molecule has 0 radical (unpaired) electrons. The molecule has 2 atom stereocenters. The second-order valence-electron chi connectivity index (χ2n) is 6.95. The van der Waals surface area contributed by atoms with E-state index < -0.39 is 5.79 Å². The summed E-state index contributed by atoms with van der Waals surface area (Å²) in [6.07, 6.45) is 6.94. The molecule has 0 aromatic heterocycles. The highest BCUT2D eigenvalue weighted by molar-refractivity contribution is 5.79. The average Bonchev–Trinajstić information content (AvgIpc) is 2.82. The first-order chi connectivity index (χ1) is 11.5. The molecule has 0 saturated heterocycles. The smallest absolute Gasteiger partial charge is 0.209 e. The Kier molecular flexibility index (Phi) is 5.08. The molecule has 0 saturated carbocycles. The van der Waals surface area contributed by atoms with Crippen LogP contribution in [0.2, 0.25) is 0 Å². The van der Waals surface area contributed by atoms with E-state index in [9.17, 15) is 0 Å². The van der Waals surface area contributed by atoms with Gasteiger partial charge in [0.25, 0.3) is 0 Å². The van der Waals surface area contributed by atoms with Gasteiger partial charge in [0.15, 0.2) is 0 Å². The number of benzene rings is 1. The number of nitrogens with one attached hydrogen (secondary N) is 3. The Morgan fingerprint density at radius 1 is 1.25 bits per heavy atom. The lowest BCUT2D eigenvalue weighted by molar-refractivity contribution is 0.374. The lowest BCUT2D eigenvalue weighted by Gasteiger charge is -2.23. The van der Waals surface area contributed by atoms with Crippen molar-refractivity contribution in [2.45, 2.75) is 70.2 Å². The third-order valence-electron chi connectivity index (χ3n) is 5.31. The zero-order chi connectivity index (χ0) is 17.2. The van der Waals surface area contributed by atoms with Crippen LogP contribution in [-0.2, 0) is 18.6 Å². The van der Waals surface area contributed by atoms with Crippen molar-refractivity contribution in [2.24, 2.45) is 16.5 Å². The molecular formula is C18H30N6. The number of guanidine groups is 1. The summed E-state index contributed by atoms with van der Waals surface area (Å²) >= 11 is 0. The largest absolute Gasteiger partial charge is 0.369 e. The predicted octanol–water partition coefficient (Wildman–Crippen LogP) is 1.20. The molecule has 0 fully saturated rings. The van der Waals surface area contributed by atoms with Crippen molar-refractivity contribution in [3.8, 4) is 0 Å². The van der Waals surface area contributed by atoms with Gasteiger partial charge in [-0.05, 0) is 49.7 Å². The second-order valence-corrected chi connectivity index (χ2v) is 6.95. The van der Waals surface area contributed by atoms with Crippen LogP contribution in [0.25, 0.3) is 0 Å². The van der Waals surface area contributed by atoms with Gasteiger partial charge >= 0.3 is 0 Å². The number of fused-ring (bicyclic) bond motifs is 1. The zero-order valence-electron chi connectivity index (χ0n) is 14.7. The molecule has 0 amide bonds. The Morgan fingerprint density at radius 3 is 2.58 bits per heavy atom. The summed E-state index contributed by atoms with van der Waals surface area (Å²) in [5.74, 6) is -0.652. The molecule has 6 nitrogen and oxygen atoms in total. The van der Waals surface area contributed by atoms with Gasteiger partial charge in [-0.3, -0.25) is 11.2 Å². The summed E-state index contributed by atoms with van der Waals surface area (Å²) in [6.45, 7) is 4.52. The first kappa shape index (κ1) is 17.2. The molecule has 1 aromatic carbocycles. The van der Waals surface area contributed by atoms with Crippen molar-refractivity contribution in [1.29, 1.82) is 0 Å². The van der Waals surface area contributed by atoms with E-state index in [2.05, 4.69) is 53.2 Å². The van der Waals surface area contributed by atoms with Gasteiger partial charge in [0, 0.05) is 17.6 Å². The van der Waals surface area contributed by atoms with E-state index in [0.717, 1.165) is 18.4 Å². The fraction of sp³-hybridized carbons (Fsp3) is 0.611. The molecule has 2 aliphatic rings. The van der Waals surface area contributed by atoms with Crippen LogP contribution in [0.3, 0.4) is 0 Å². The van der Waals surface area contributed by atoms with Crippen LogP contribution >= 0.6 is 0 Å². The Morgan fingerprint density at radius 2 is 1.96 bits per heavy atom. The van der Waals surface area contributed by atoms with Gasteiger partial charge in [-0.25, -0.2) is 4.99 Å². The average molecular weight is 330 g/mol. The van der Waals surface area contributed by atoms with Gasteiger partial charge < -0.3 is 11.1 Å². The third kappa shape index (κ3) is 3.55. The standard InChI is InChI=1S/C18H30N6/c1-3-15(4-2)21-16-9-6-12-5-8-14(11-13(12)7-10-16)18(20)22-17(19)23-24-18/h5,8,11,15-16,21,24H,3-4,6-7,9-10,20H2,1-2H3,(H3,19,22,23)/t16-,18?/m0/s1. The lowest BCUT2D eigenvalue weighted by atomic mass is 9.97. The fourth-order valence-electron chi connectivity index (χ4n) is 3.71. The lowest BCUT2D eigenvalue weighted by Crippen LogP contribution is -2.50. The van der Waals surface area contributed by atoms with Crippen molar-refractivity contribution in [2.75, 3.05) is 0 Å². The summed E-state index contributed by atoms with van der Waals surface area (Å²) < 4.78 is 0. The maximum absolute atomic E-state index is 6.32. The highest BCUT2D eigenvalue weighted by Gasteiger charge is 2.32. The van der Waals surface area contributed by atoms with E-state index in [-0.39, 0.29) is 0 Å². The second kappa shape index (κ2) is 7.09. The Labute approximate surface area is 144 Å².